The van der Waals surface area contributed by atoms with Crippen LogP contribution in [0.25, 0.3) is 0 Å². The predicted molar refractivity (Wildman–Crippen MR) is 123 cm³/mol. The van der Waals surface area contributed by atoms with Gasteiger partial charge in [0, 0.05) is 50.0 Å². The minimum absolute atomic E-state index is 0.735. The van der Waals surface area contributed by atoms with E-state index in [9.17, 15) is 0 Å². The number of pyridine rings is 2. The number of aromatic nitrogens is 2. The van der Waals surface area contributed by atoms with Crippen LogP contribution in [0.15, 0.2) is 30.3 Å². The summed E-state index contributed by atoms with van der Waals surface area (Å²) in [5.74, 6) is 3.05. The molecule has 1 N–H and O–H groups in total. The van der Waals surface area contributed by atoms with E-state index in [1.165, 1.54) is 74.3 Å². The van der Waals surface area contributed by atoms with E-state index in [-0.39, 0.29) is 0 Å². The summed E-state index contributed by atoms with van der Waals surface area (Å²) in [7, 11) is 0. The maximum Gasteiger partial charge on any atom is 0.129 e. The second-order valence-electron chi connectivity index (χ2n) is 9.17. The van der Waals surface area contributed by atoms with E-state index in [1.54, 1.807) is 0 Å². The summed E-state index contributed by atoms with van der Waals surface area (Å²) < 4.78 is 0. The number of rotatable bonds is 8. The van der Waals surface area contributed by atoms with Crippen LogP contribution in [0, 0.1) is 0 Å². The lowest BCUT2D eigenvalue weighted by Gasteiger charge is -2.35. The fourth-order valence-corrected chi connectivity index (χ4v) is 4.75. The molecule has 0 bridgehead atoms. The third-order valence-corrected chi connectivity index (χ3v) is 6.81. The molecule has 1 saturated heterocycles. The summed E-state index contributed by atoms with van der Waals surface area (Å²) in [4.78, 5) is 14.8. The molecule has 3 aliphatic rings. The number of piperazine rings is 1. The topological polar surface area (TPSA) is 44.3 Å². The van der Waals surface area contributed by atoms with Crippen LogP contribution in [-0.4, -0.2) is 54.1 Å². The Hall–Kier alpha value is -2.14. The van der Waals surface area contributed by atoms with Gasteiger partial charge in [0.2, 0.25) is 0 Å². The van der Waals surface area contributed by atoms with Crippen molar-refractivity contribution in [2.75, 3.05) is 49.5 Å². The van der Waals surface area contributed by atoms with Crippen molar-refractivity contribution in [2.24, 2.45) is 0 Å². The summed E-state index contributed by atoms with van der Waals surface area (Å²) in [6, 6.07) is 11.1. The van der Waals surface area contributed by atoms with Gasteiger partial charge in [-0.05, 0) is 75.3 Å². The Morgan fingerprint density at radius 3 is 2.70 bits per heavy atom. The predicted octanol–water partition coefficient (Wildman–Crippen LogP) is 4.25. The Bertz CT molecular complexity index is 839. The van der Waals surface area contributed by atoms with Gasteiger partial charge in [0.05, 0.1) is 0 Å². The SMILES string of the molecule is c1cc(C2CC2)nc(N2CCN(CCCCCc3ccc4c(n3)NCCC4)CC2)c1. The van der Waals surface area contributed by atoms with Gasteiger partial charge < -0.3 is 10.2 Å². The number of nitrogens with zero attached hydrogens (tertiary/aromatic N) is 4. The Balaban J connectivity index is 1.00. The van der Waals surface area contributed by atoms with Gasteiger partial charge in [-0.3, -0.25) is 4.90 Å². The van der Waals surface area contributed by atoms with Crippen LogP contribution in [0.3, 0.4) is 0 Å². The number of fused-ring (bicyclic) bond motifs is 1. The lowest BCUT2D eigenvalue weighted by atomic mass is 10.1. The zero-order valence-corrected chi connectivity index (χ0v) is 18.2. The van der Waals surface area contributed by atoms with Crippen molar-refractivity contribution in [2.45, 2.75) is 57.3 Å². The molecule has 0 amide bonds. The smallest absolute Gasteiger partial charge is 0.129 e. The average Bonchev–Trinajstić information content (AvgIpc) is 3.65. The molecule has 0 aromatic carbocycles. The van der Waals surface area contributed by atoms with Crippen LogP contribution >= 0.6 is 0 Å². The van der Waals surface area contributed by atoms with Gasteiger partial charge in [-0.2, -0.15) is 0 Å². The van der Waals surface area contributed by atoms with Crippen LogP contribution in [0.5, 0.6) is 0 Å². The van der Waals surface area contributed by atoms with Gasteiger partial charge in [0.1, 0.15) is 11.6 Å². The summed E-state index contributed by atoms with van der Waals surface area (Å²) in [6.45, 7) is 6.82. The molecular weight excluding hydrogens is 370 g/mol. The first-order valence-corrected chi connectivity index (χ1v) is 12.0. The third kappa shape index (κ3) is 4.94. The fraction of sp³-hybridized carbons (Fsp3) is 0.600. The molecule has 2 aromatic rings. The lowest BCUT2D eigenvalue weighted by Crippen LogP contribution is -2.47. The zero-order chi connectivity index (χ0) is 20.2. The van der Waals surface area contributed by atoms with Crippen LogP contribution < -0.4 is 10.2 Å². The van der Waals surface area contributed by atoms with Crippen LogP contribution in [-0.2, 0) is 12.8 Å². The quantitative estimate of drug-likeness (QED) is 0.665. The van der Waals surface area contributed by atoms with Crippen molar-refractivity contribution in [3.8, 4) is 0 Å². The van der Waals surface area contributed by atoms with E-state index in [0.717, 1.165) is 50.9 Å². The second kappa shape index (κ2) is 9.34. The van der Waals surface area contributed by atoms with E-state index >= 15 is 0 Å². The Morgan fingerprint density at radius 2 is 1.83 bits per heavy atom. The molecule has 0 unspecified atom stereocenters. The van der Waals surface area contributed by atoms with Gasteiger partial charge in [0.25, 0.3) is 0 Å². The third-order valence-electron chi connectivity index (χ3n) is 6.81. The minimum atomic E-state index is 0.735. The van der Waals surface area contributed by atoms with Crippen LogP contribution in [0.4, 0.5) is 11.6 Å². The molecule has 5 rings (SSSR count). The average molecular weight is 406 g/mol. The number of hydrogen-bond acceptors (Lipinski definition) is 5. The fourth-order valence-electron chi connectivity index (χ4n) is 4.75. The molecule has 160 valence electrons. The first-order chi connectivity index (χ1) is 14.8. The van der Waals surface area contributed by atoms with Gasteiger partial charge in [-0.15, -0.1) is 0 Å². The summed E-state index contributed by atoms with van der Waals surface area (Å²) >= 11 is 0. The molecule has 0 radical (unpaired) electrons. The number of aryl methyl sites for hydroxylation is 2. The molecule has 1 aliphatic carbocycles. The summed E-state index contributed by atoms with van der Waals surface area (Å²) in [5, 5.41) is 3.45. The molecular formula is C25H35N5. The maximum absolute atomic E-state index is 4.92. The van der Waals surface area contributed by atoms with E-state index in [2.05, 4.69) is 45.4 Å². The highest BCUT2D eigenvalue weighted by Crippen LogP contribution is 2.39. The molecule has 0 spiro atoms. The van der Waals surface area contributed by atoms with Crippen molar-refractivity contribution in [1.29, 1.82) is 0 Å². The Labute approximate surface area is 180 Å². The number of anilines is 2. The zero-order valence-electron chi connectivity index (χ0n) is 18.2. The Kier molecular flexibility index (Phi) is 6.16. The van der Waals surface area contributed by atoms with E-state index in [1.807, 2.05) is 0 Å². The van der Waals surface area contributed by atoms with Crippen molar-refractivity contribution >= 4 is 11.6 Å². The minimum Gasteiger partial charge on any atom is -0.370 e. The molecule has 1 saturated carbocycles. The van der Waals surface area contributed by atoms with Crippen LogP contribution in [0.2, 0.25) is 0 Å². The summed E-state index contributed by atoms with van der Waals surface area (Å²) in [5.41, 5.74) is 3.94. The van der Waals surface area contributed by atoms with Gasteiger partial charge in [-0.25, -0.2) is 9.97 Å². The van der Waals surface area contributed by atoms with Gasteiger partial charge >= 0.3 is 0 Å². The first kappa shape index (κ1) is 19.8. The maximum atomic E-state index is 4.92. The number of hydrogen-bond donors (Lipinski definition) is 1. The van der Waals surface area contributed by atoms with E-state index in [4.69, 9.17) is 9.97 Å². The molecule has 0 atom stereocenters. The standard InChI is InChI=1S/C25H35N5/c1(2-7-22-13-12-21-6-5-14-26-25(21)27-22)3-15-29-16-18-30(19-17-29)24-9-4-8-23(28-24)20-10-11-20/h4,8-9,12-13,20H,1-3,5-7,10-11,14-19H2,(H,26,27). The molecule has 2 aliphatic heterocycles. The molecule has 4 heterocycles. The van der Waals surface area contributed by atoms with Gasteiger partial charge in [-0.1, -0.05) is 18.6 Å². The number of unbranched alkanes of at least 4 members (excludes halogenated alkanes) is 2. The highest BCUT2D eigenvalue weighted by Gasteiger charge is 2.26. The largest absolute Gasteiger partial charge is 0.370 e. The van der Waals surface area contributed by atoms with Crippen molar-refractivity contribution < 1.29 is 0 Å². The van der Waals surface area contributed by atoms with E-state index < -0.39 is 0 Å². The summed E-state index contributed by atoms with van der Waals surface area (Å²) in [6.07, 6.45) is 9.97. The molecule has 2 fully saturated rings. The van der Waals surface area contributed by atoms with Crippen LogP contribution in [0.1, 0.15) is 61.4 Å². The Morgan fingerprint density at radius 1 is 0.933 bits per heavy atom. The van der Waals surface area contributed by atoms with Crippen molar-refractivity contribution in [1.82, 2.24) is 14.9 Å². The molecule has 2 aromatic heterocycles. The molecule has 5 heteroatoms. The normalized spacial score (nSPS) is 19.4. The molecule has 5 nitrogen and oxygen atoms in total. The van der Waals surface area contributed by atoms with Gasteiger partial charge in [0.15, 0.2) is 0 Å². The molecule has 30 heavy (non-hydrogen) atoms. The monoisotopic (exact) mass is 405 g/mol. The highest BCUT2D eigenvalue weighted by atomic mass is 15.3. The lowest BCUT2D eigenvalue weighted by molar-refractivity contribution is 0.251. The van der Waals surface area contributed by atoms with Crippen molar-refractivity contribution in [3.63, 3.8) is 0 Å². The first-order valence-electron chi connectivity index (χ1n) is 12.0. The second-order valence-corrected chi connectivity index (χ2v) is 9.17. The van der Waals surface area contributed by atoms with Crippen molar-refractivity contribution in [3.05, 3.63) is 47.3 Å². The number of nitrogens with one attached hydrogen (secondary N) is 1. The highest BCUT2D eigenvalue weighted by molar-refractivity contribution is 5.47. The van der Waals surface area contributed by atoms with E-state index in [0.29, 0.717) is 0 Å².